The Labute approximate surface area is 80.3 Å². The molecule has 2 N–H and O–H groups in total. The van der Waals surface area contributed by atoms with Crippen molar-refractivity contribution in [3.63, 3.8) is 0 Å². The highest BCUT2D eigenvalue weighted by Gasteiger charge is 2.11. The van der Waals surface area contributed by atoms with E-state index >= 15 is 0 Å². The second-order valence-electron chi connectivity index (χ2n) is 3.02. The van der Waals surface area contributed by atoms with Gasteiger partial charge in [-0.15, -0.1) is 0 Å². The van der Waals surface area contributed by atoms with Crippen molar-refractivity contribution >= 4 is 5.88 Å². The summed E-state index contributed by atoms with van der Waals surface area (Å²) in [6.45, 7) is 1.69. The Morgan fingerprint density at radius 3 is 2.79 bits per heavy atom. The van der Waals surface area contributed by atoms with Crippen LogP contribution in [0, 0.1) is 12.7 Å². The second kappa shape index (κ2) is 3.14. The van der Waals surface area contributed by atoms with Crippen molar-refractivity contribution in [2.75, 3.05) is 5.73 Å². The number of nitrogens with zero attached hydrogens (tertiary/aromatic N) is 1. The lowest BCUT2D eigenvalue weighted by Gasteiger charge is -2.03. The molecule has 72 valence electrons. The first kappa shape index (κ1) is 8.74. The van der Waals surface area contributed by atoms with Crippen LogP contribution in [0.1, 0.15) is 5.56 Å². The zero-order chi connectivity index (χ0) is 10.1. The van der Waals surface area contributed by atoms with Crippen molar-refractivity contribution in [2.45, 2.75) is 6.92 Å². The summed E-state index contributed by atoms with van der Waals surface area (Å²) in [5.74, 6) is -0.0539. The molecule has 0 fully saturated rings. The lowest BCUT2D eigenvalue weighted by atomic mass is 10.0. The van der Waals surface area contributed by atoms with Gasteiger partial charge >= 0.3 is 0 Å². The summed E-state index contributed by atoms with van der Waals surface area (Å²) in [6.07, 6.45) is 1.48. The van der Waals surface area contributed by atoms with Gasteiger partial charge < -0.3 is 10.3 Å². The minimum absolute atomic E-state index is 0.207. The third-order valence-corrected chi connectivity index (χ3v) is 2.16. The summed E-state index contributed by atoms with van der Waals surface area (Å²) >= 11 is 0. The molecule has 0 saturated carbocycles. The molecule has 3 nitrogen and oxygen atoms in total. The third-order valence-electron chi connectivity index (χ3n) is 2.16. The van der Waals surface area contributed by atoms with Gasteiger partial charge in [0.25, 0.3) is 0 Å². The molecule has 14 heavy (non-hydrogen) atoms. The number of benzene rings is 1. The highest BCUT2D eigenvalue weighted by atomic mass is 19.1. The summed E-state index contributed by atoms with van der Waals surface area (Å²) in [7, 11) is 0. The number of halogens is 1. The molecular weight excluding hydrogens is 183 g/mol. The van der Waals surface area contributed by atoms with Crippen LogP contribution < -0.4 is 5.73 Å². The van der Waals surface area contributed by atoms with Crippen molar-refractivity contribution in [3.8, 4) is 11.1 Å². The van der Waals surface area contributed by atoms with E-state index in [4.69, 9.17) is 10.3 Å². The van der Waals surface area contributed by atoms with Crippen LogP contribution in [-0.2, 0) is 0 Å². The molecule has 2 rings (SSSR count). The third kappa shape index (κ3) is 1.25. The molecule has 1 aromatic carbocycles. The highest BCUT2D eigenvalue weighted by Crippen LogP contribution is 2.29. The van der Waals surface area contributed by atoms with E-state index in [1.165, 1.54) is 12.3 Å². The zero-order valence-corrected chi connectivity index (χ0v) is 7.62. The first-order valence-corrected chi connectivity index (χ1v) is 4.16. The first-order chi connectivity index (χ1) is 6.70. The lowest BCUT2D eigenvalue weighted by Crippen LogP contribution is -1.90. The summed E-state index contributed by atoms with van der Waals surface area (Å²) < 4.78 is 17.9. The number of rotatable bonds is 1. The Morgan fingerprint density at radius 1 is 1.36 bits per heavy atom. The van der Waals surface area contributed by atoms with E-state index in [1.54, 1.807) is 19.1 Å². The number of hydrogen-bond acceptors (Lipinski definition) is 3. The maximum Gasteiger partial charge on any atom is 0.229 e. The Morgan fingerprint density at radius 2 is 2.14 bits per heavy atom. The van der Waals surface area contributed by atoms with Gasteiger partial charge in [0.1, 0.15) is 5.82 Å². The number of hydrogen-bond donors (Lipinski definition) is 1. The minimum Gasteiger partial charge on any atom is -0.367 e. The number of nitrogen functional groups attached to an aromatic ring is 1. The molecule has 4 heteroatoms. The van der Waals surface area contributed by atoms with Crippen LogP contribution in [0.2, 0.25) is 0 Å². The van der Waals surface area contributed by atoms with Crippen molar-refractivity contribution in [2.24, 2.45) is 0 Å². The van der Waals surface area contributed by atoms with Crippen molar-refractivity contribution in [1.82, 2.24) is 5.16 Å². The van der Waals surface area contributed by atoms with E-state index < -0.39 is 0 Å². The fraction of sp³-hybridized carbons (Fsp3) is 0.100. The number of nitrogens with two attached hydrogens (primary N) is 1. The fourth-order valence-corrected chi connectivity index (χ4v) is 1.35. The summed E-state index contributed by atoms with van der Waals surface area (Å²) in [5, 5.41) is 3.55. The predicted molar refractivity (Wildman–Crippen MR) is 51.0 cm³/mol. The van der Waals surface area contributed by atoms with Gasteiger partial charge in [0, 0.05) is 0 Å². The molecule has 0 unspecified atom stereocenters. The Hall–Kier alpha value is -1.84. The van der Waals surface area contributed by atoms with E-state index in [2.05, 4.69) is 5.16 Å². The molecular formula is C10H9FN2O. The highest BCUT2D eigenvalue weighted by molar-refractivity contribution is 5.74. The Balaban J connectivity index is 2.63. The summed E-state index contributed by atoms with van der Waals surface area (Å²) in [5.41, 5.74) is 7.42. The van der Waals surface area contributed by atoms with Gasteiger partial charge in [-0.1, -0.05) is 17.3 Å². The summed E-state index contributed by atoms with van der Waals surface area (Å²) in [4.78, 5) is 0. The van der Waals surface area contributed by atoms with Crippen molar-refractivity contribution < 1.29 is 8.91 Å². The molecule has 0 saturated heterocycles. The van der Waals surface area contributed by atoms with E-state index in [0.717, 1.165) is 0 Å². The largest absolute Gasteiger partial charge is 0.367 e. The second-order valence-corrected chi connectivity index (χ2v) is 3.02. The summed E-state index contributed by atoms with van der Waals surface area (Å²) in [6, 6.07) is 4.81. The maximum atomic E-state index is 13.2. The quantitative estimate of drug-likeness (QED) is 0.754. The monoisotopic (exact) mass is 192 g/mol. The van der Waals surface area contributed by atoms with Gasteiger partial charge in [-0.3, -0.25) is 0 Å². The molecule has 0 aliphatic rings. The van der Waals surface area contributed by atoms with Crippen molar-refractivity contribution in [3.05, 3.63) is 35.8 Å². The normalized spacial score (nSPS) is 10.4. The average Bonchev–Trinajstić information content (AvgIpc) is 2.57. The van der Waals surface area contributed by atoms with Gasteiger partial charge in [0.2, 0.25) is 5.88 Å². The SMILES string of the molecule is Cc1c(F)cccc1-c1cnoc1N. The topological polar surface area (TPSA) is 52.0 Å². The van der Waals surface area contributed by atoms with Crippen LogP contribution in [0.4, 0.5) is 10.3 Å². The van der Waals surface area contributed by atoms with E-state index in [9.17, 15) is 4.39 Å². The first-order valence-electron chi connectivity index (χ1n) is 4.16. The molecule has 2 aromatic rings. The molecule has 0 radical (unpaired) electrons. The Bertz CT molecular complexity index is 465. The van der Waals surface area contributed by atoms with Crippen LogP contribution in [0.3, 0.4) is 0 Å². The van der Waals surface area contributed by atoms with Crippen LogP contribution >= 0.6 is 0 Å². The fourth-order valence-electron chi connectivity index (χ4n) is 1.35. The van der Waals surface area contributed by atoms with Crippen LogP contribution in [0.25, 0.3) is 11.1 Å². The number of anilines is 1. The zero-order valence-electron chi connectivity index (χ0n) is 7.62. The number of aromatic nitrogens is 1. The van der Waals surface area contributed by atoms with Gasteiger partial charge in [0.05, 0.1) is 11.8 Å². The van der Waals surface area contributed by atoms with E-state index in [1.807, 2.05) is 0 Å². The van der Waals surface area contributed by atoms with Gasteiger partial charge in [0.15, 0.2) is 0 Å². The molecule has 1 aromatic heterocycles. The molecule has 0 aliphatic carbocycles. The molecule has 0 amide bonds. The smallest absolute Gasteiger partial charge is 0.229 e. The average molecular weight is 192 g/mol. The van der Waals surface area contributed by atoms with Crippen LogP contribution in [0.15, 0.2) is 28.9 Å². The van der Waals surface area contributed by atoms with E-state index in [-0.39, 0.29) is 11.7 Å². The van der Waals surface area contributed by atoms with E-state index in [0.29, 0.717) is 16.7 Å². The van der Waals surface area contributed by atoms with Gasteiger partial charge in [-0.2, -0.15) is 0 Å². The van der Waals surface area contributed by atoms with Crippen LogP contribution in [-0.4, -0.2) is 5.16 Å². The van der Waals surface area contributed by atoms with Gasteiger partial charge in [-0.05, 0) is 24.1 Å². The maximum absolute atomic E-state index is 13.2. The van der Waals surface area contributed by atoms with Crippen molar-refractivity contribution in [1.29, 1.82) is 0 Å². The Kier molecular flexibility index (Phi) is 1.96. The molecule has 0 spiro atoms. The minimum atomic E-state index is -0.261. The predicted octanol–water partition coefficient (Wildman–Crippen LogP) is 2.37. The molecule has 1 heterocycles. The molecule has 0 aliphatic heterocycles. The molecule has 0 atom stereocenters. The molecule has 0 bridgehead atoms. The lowest BCUT2D eigenvalue weighted by molar-refractivity contribution is 0.436. The standard InChI is InChI=1S/C10H9FN2O/c1-6-7(3-2-4-9(6)11)8-5-13-14-10(8)12/h2-5H,12H2,1H3. The van der Waals surface area contributed by atoms with Crippen LogP contribution in [0.5, 0.6) is 0 Å². The van der Waals surface area contributed by atoms with Gasteiger partial charge in [-0.25, -0.2) is 4.39 Å².